The van der Waals surface area contributed by atoms with Gasteiger partial charge in [0.25, 0.3) is 0 Å². The van der Waals surface area contributed by atoms with Gasteiger partial charge in [-0.3, -0.25) is 0 Å². The molecule has 0 rings (SSSR count). The average Bonchev–Trinajstić information content (AvgIpc) is 2.12. The quantitative estimate of drug-likeness (QED) is 0.629. The largest absolute Gasteiger partial charge is 0.389 e. The molecule has 72 valence electrons. The minimum absolute atomic E-state index is 0.555. The summed E-state index contributed by atoms with van der Waals surface area (Å²) in [6.45, 7) is 5.32. The van der Waals surface area contributed by atoms with E-state index in [9.17, 15) is 5.11 Å². The zero-order valence-corrected chi connectivity index (χ0v) is 8.56. The Balaban J connectivity index is 3.58. The standard InChI is InChI=1S/C9H18ClNO/c1-3-9(12,4-2)8-11-7-5-6-10/h5-6,11-12H,3-4,7-8H2,1-2H3/b6-5+. The van der Waals surface area contributed by atoms with E-state index < -0.39 is 5.60 Å². The van der Waals surface area contributed by atoms with Crippen LogP contribution in [0, 0.1) is 0 Å². The third kappa shape index (κ3) is 4.75. The van der Waals surface area contributed by atoms with Gasteiger partial charge in [0.15, 0.2) is 0 Å². The summed E-state index contributed by atoms with van der Waals surface area (Å²) in [7, 11) is 0. The molecule has 3 heteroatoms. The number of rotatable bonds is 6. The van der Waals surface area contributed by atoms with Gasteiger partial charge in [0.1, 0.15) is 0 Å². The number of aliphatic hydroxyl groups is 1. The zero-order valence-electron chi connectivity index (χ0n) is 7.81. The van der Waals surface area contributed by atoms with Crippen molar-refractivity contribution in [1.82, 2.24) is 5.32 Å². The van der Waals surface area contributed by atoms with Crippen LogP contribution < -0.4 is 5.32 Å². The molecule has 0 aromatic rings. The number of halogens is 1. The number of hydrogen-bond donors (Lipinski definition) is 2. The van der Waals surface area contributed by atoms with E-state index in [1.54, 1.807) is 0 Å². The van der Waals surface area contributed by atoms with Gasteiger partial charge in [-0.2, -0.15) is 0 Å². The fourth-order valence-electron chi connectivity index (χ4n) is 0.933. The van der Waals surface area contributed by atoms with E-state index in [0.717, 1.165) is 12.8 Å². The molecule has 2 N–H and O–H groups in total. The van der Waals surface area contributed by atoms with E-state index in [2.05, 4.69) is 5.32 Å². The first-order valence-electron chi connectivity index (χ1n) is 4.37. The topological polar surface area (TPSA) is 32.3 Å². The summed E-state index contributed by atoms with van der Waals surface area (Å²) in [6, 6.07) is 0. The lowest BCUT2D eigenvalue weighted by Gasteiger charge is -2.25. The third-order valence-corrected chi connectivity index (χ3v) is 2.30. The second kappa shape index (κ2) is 6.46. The van der Waals surface area contributed by atoms with Gasteiger partial charge in [-0.1, -0.05) is 31.5 Å². The Morgan fingerprint density at radius 3 is 2.42 bits per heavy atom. The highest BCUT2D eigenvalue weighted by Crippen LogP contribution is 2.12. The fourth-order valence-corrected chi connectivity index (χ4v) is 1.02. The molecule has 0 amide bonds. The van der Waals surface area contributed by atoms with Crippen molar-refractivity contribution < 1.29 is 5.11 Å². The number of hydrogen-bond acceptors (Lipinski definition) is 2. The second-order valence-electron chi connectivity index (χ2n) is 2.92. The predicted octanol–water partition coefficient (Wildman–Crippen LogP) is 1.88. The molecule has 0 fully saturated rings. The van der Waals surface area contributed by atoms with Gasteiger partial charge in [-0.05, 0) is 12.8 Å². The molecule has 12 heavy (non-hydrogen) atoms. The van der Waals surface area contributed by atoms with E-state index in [1.807, 2.05) is 19.9 Å². The molecule has 2 nitrogen and oxygen atoms in total. The van der Waals surface area contributed by atoms with Crippen molar-refractivity contribution in [3.8, 4) is 0 Å². The summed E-state index contributed by atoms with van der Waals surface area (Å²) in [5.41, 5.74) is 0.921. The lowest BCUT2D eigenvalue weighted by molar-refractivity contribution is 0.0335. The Kier molecular flexibility index (Phi) is 6.44. The van der Waals surface area contributed by atoms with Crippen LogP contribution in [0.25, 0.3) is 0 Å². The maximum absolute atomic E-state index is 9.81. The molecule has 0 atom stereocenters. The smallest absolute Gasteiger partial charge is 0.0766 e. The molecule has 0 spiro atoms. The van der Waals surface area contributed by atoms with Gasteiger partial charge < -0.3 is 10.4 Å². The highest BCUT2D eigenvalue weighted by Gasteiger charge is 2.20. The summed E-state index contributed by atoms with van der Waals surface area (Å²) in [4.78, 5) is 0. The molecule has 0 aliphatic heterocycles. The van der Waals surface area contributed by atoms with E-state index in [0.29, 0.717) is 13.1 Å². The minimum Gasteiger partial charge on any atom is -0.389 e. The minimum atomic E-state index is -0.555. The normalized spacial score (nSPS) is 12.7. The van der Waals surface area contributed by atoms with Gasteiger partial charge in [-0.15, -0.1) is 0 Å². The SMILES string of the molecule is CCC(O)(CC)CNC/C=C/Cl. The van der Waals surface area contributed by atoms with E-state index in [4.69, 9.17) is 11.6 Å². The molecule has 0 aromatic heterocycles. The lowest BCUT2D eigenvalue weighted by Crippen LogP contribution is -2.39. The molecule has 0 radical (unpaired) electrons. The van der Waals surface area contributed by atoms with Gasteiger partial charge in [0.2, 0.25) is 0 Å². The molecule has 0 saturated heterocycles. The number of nitrogens with one attached hydrogen (secondary N) is 1. The van der Waals surface area contributed by atoms with Gasteiger partial charge >= 0.3 is 0 Å². The Morgan fingerprint density at radius 1 is 1.42 bits per heavy atom. The summed E-state index contributed by atoms with van der Waals surface area (Å²) < 4.78 is 0. The van der Waals surface area contributed by atoms with Crippen LogP contribution >= 0.6 is 11.6 Å². The van der Waals surface area contributed by atoms with E-state index >= 15 is 0 Å². The maximum Gasteiger partial charge on any atom is 0.0766 e. The molecular weight excluding hydrogens is 174 g/mol. The van der Waals surface area contributed by atoms with Crippen molar-refractivity contribution in [2.75, 3.05) is 13.1 Å². The van der Waals surface area contributed by atoms with Crippen LogP contribution in [0.15, 0.2) is 11.6 Å². The molecule has 0 bridgehead atoms. The Bertz CT molecular complexity index is 132. The molecule has 0 aromatic carbocycles. The van der Waals surface area contributed by atoms with Gasteiger partial charge in [-0.25, -0.2) is 0 Å². The van der Waals surface area contributed by atoms with Crippen molar-refractivity contribution in [1.29, 1.82) is 0 Å². The second-order valence-corrected chi connectivity index (χ2v) is 3.18. The summed E-state index contributed by atoms with van der Waals surface area (Å²) >= 11 is 5.34. The first-order valence-corrected chi connectivity index (χ1v) is 4.80. The Hall–Kier alpha value is -0.0500. The van der Waals surface area contributed by atoms with Crippen molar-refractivity contribution in [2.24, 2.45) is 0 Å². The highest BCUT2D eigenvalue weighted by molar-refractivity contribution is 6.25. The van der Waals surface area contributed by atoms with Crippen LogP contribution in [0.5, 0.6) is 0 Å². The highest BCUT2D eigenvalue weighted by atomic mass is 35.5. The monoisotopic (exact) mass is 191 g/mol. The first kappa shape index (κ1) is 11.9. The van der Waals surface area contributed by atoms with Crippen LogP contribution in [0.4, 0.5) is 0 Å². The van der Waals surface area contributed by atoms with Crippen LogP contribution in [0.3, 0.4) is 0 Å². The Labute approximate surface area is 79.6 Å². The van der Waals surface area contributed by atoms with Crippen LogP contribution in [0.2, 0.25) is 0 Å². The van der Waals surface area contributed by atoms with E-state index in [1.165, 1.54) is 5.54 Å². The van der Waals surface area contributed by atoms with Gasteiger partial charge in [0.05, 0.1) is 5.60 Å². The van der Waals surface area contributed by atoms with Crippen molar-refractivity contribution in [2.45, 2.75) is 32.3 Å². The molecule has 0 heterocycles. The third-order valence-electron chi connectivity index (χ3n) is 2.12. The fraction of sp³-hybridized carbons (Fsp3) is 0.778. The molecule has 0 aliphatic rings. The molecule has 0 unspecified atom stereocenters. The van der Waals surface area contributed by atoms with Gasteiger partial charge in [0, 0.05) is 18.6 Å². The summed E-state index contributed by atoms with van der Waals surface area (Å²) in [6.07, 6.45) is 3.37. The van der Waals surface area contributed by atoms with Crippen molar-refractivity contribution in [3.63, 3.8) is 0 Å². The lowest BCUT2D eigenvalue weighted by atomic mass is 9.98. The first-order chi connectivity index (χ1) is 5.68. The summed E-state index contributed by atoms with van der Waals surface area (Å²) in [5, 5.41) is 12.9. The maximum atomic E-state index is 9.81. The summed E-state index contributed by atoms with van der Waals surface area (Å²) in [5.74, 6) is 0. The van der Waals surface area contributed by atoms with Crippen LogP contribution in [-0.4, -0.2) is 23.8 Å². The van der Waals surface area contributed by atoms with E-state index in [-0.39, 0.29) is 0 Å². The molecular formula is C9H18ClNO. The molecule has 0 aliphatic carbocycles. The van der Waals surface area contributed by atoms with Crippen molar-refractivity contribution >= 4 is 11.6 Å². The Morgan fingerprint density at radius 2 is 2.00 bits per heavy atom. The molecule has 0 saturated carbocycles. The average molecular weight is 192 g/mol. The van der Waals surface area contributed by atoms with Crippen LogP contribution in [0.1, 0.15) is 26.7 Å². The zero-order chi connectivity index (χ0) is 9.45. The van der Waals surface area contributed by atoms with Crippen LogP contribution in [-0.2, 0) is 0 Å². The predicted molar refractivity (Wildman–Crippen MR) is 53.4 cm³/mol. The van der Waals surface area contributed by atoms with Crippen molar-refractivity contribution in [3.05, 3.63) is 11.6 Å².